The normalized spacial score (nSPS) is 11.0. The summed E-state index contributed by atoms with van der Waals surface area (Å²) in [6.07, 6.45) is 1.53. The minimum Gasteiger partial charge on any atom is -0.418 e. The Hall–Kier alpha value is -1.59. The van der Waals surface area contributed by atoms with Gasteiger partial charge in [-0.3, -0.25) is 0 Å². The summed E-state index contributed by atoms with van der Waals surface area (Å²) in [5.41, 5.74) is 8.31. The summed E-state index contributed by atoms with van der Waals surface area (Å²) < 4.78 is 6.36. The molecule has 3 aromatic rings. The Morgan fingerprint density at radius 1 is 1.28 bits per heavy atom. The molecular weight excluding hydrogens is 318 g/mol. The first-order chi connectivity index (χ1) is 8.63. The summed E-state index contributed by atoms with van der Waals surface area (Å²) in [6, 6.07) is 7.19. The van der Waals surface area contributed by atoms with Gasteiger partial charge in [-0.05, 0) is 40.2 Å². The van der Waals surface area contributed by atoms with Gasteiger partial charge in [0, 0.05) is 21.9 Å². The number of benzene rings is 1. The highest BCUT2D eigenvalue weighted by Gasteiger charge is 2.10. The van der Waals surface area contributed by atoms with E-state index in [1.165, 1.54) is 6.20 Å². The summed E-state index contributed by atoms with van der Waals surface area (Å²) in [5, 5.41) is 0.529. The molecule has 2 aromatic heterocycles. The van der Waals surface area contributed by atoms with Gasteiger partial charge in [0.1, 0.15) is 5.52 Å². The van der Waals surface area contributed by atoms with E-state index in [0.717, 1.165) is 10.0 Å². The highest BCUT2D eigenvalue weighted by Crippen LogP contribution is 2.29. The van der Waals surface area contributed by atoms with E-state index in [2.05, 4.69) is 25.9 Å². The lowest BCUT2D eigenvalue weighted by atomic mass is 10.2. The Kier molecular flexibility index (Phi) is 2.72. The molecule has 90 valence electrons. The Morgan fingerprint density at radius 2 is 2.11 bits per heavy atom. The van der Waals surface area contributed by atoms with Crippen LogP contribution in [-0.2, 0) is 0 Å². The van der Waals surface area contributed by atoms with Gasteiger partial charge in [0.25, 0.3) is 0 Å². The summed E-state index contributed by atoms with van der Waals surface area (Å²) in [7, 11) is 0. The molecule has 0 bridgehead atoms. The maximum atomic E-state index is 5.85. The fourth-order valence-corrected chi connectivity index (χ4v) is 2.11. The number of hydrogen-bond donors (Lipinski definition) is 1. The van der Waals surface area contributed by atoms with Crippen LogP contribution in [0.3, 0.4) is 0 Å². The maximum Gasteiger partial charge on any atom is 0.247 e. The van der Waals surface area contributed by atoms with Crippen molar-refractivity contribution in [1.29, 1.82) is 0 Å². The zero-order valence-electron chi connectivity index (χ0n) is 9.02. The Labute approximate surface area is 116 Å². The fraction of sp³-hybridized carbons (Fsp3) is 0. The number of nitrogens with zero attached hydrogens (tertiary/aromatic N) is 2. The quantitative estimate of drug-likeness (QED) is 0.690. The van der Waals surface area contributed by atoms with Crippen molar-refractivity contribution in [3.63, 3.8) is 0 Å². The van der Waals surface area contributed by atoms with E-state index in [0.29, 0.717) is 27.8 Å². The molecule has 0 radical (unpaired) electrons. The van der Waals surface area contributed by atoms with E-state index < -0.39 is 0 Å². The molecule has 6 heteroatoms. The molecule has 18 heavy (non-hydrogen) atoms. The van der Waals surface area contributed by atoms with Crippen LogP contribution in [0, 0.1) is 0 Å². The molecule has 0 saturated heterocycles. The van der Waals surface area contributed by atoms with Crippen molar-refractivity contribution >= 4 is 44.4 Å². The standard InChI is InChI=1S/C12H7BrClN3O/c13-8-3-6(1-2-9(8)15)11-17-10-4-7(14)5-16-12(10)18-11/h1-5H,15H2. The first-order valence-electron chi connectivity index (χ1n) is 5.11. The molecule has 0 spiro atoms. The van der Waals surface area contributed by atoms with Crippen LogP contribution in [0.25, 0.3) is 22.7 Å². The van der Waals surface area contributed by atoms with Crippen molar-refractivity contribution in [2.75, 3.05) is 5.73 Å². The van der Waals surface area contributed by atoms with Gasteiger partial charge in [0.2, 0.25) is 11.6 Å². The lowest BCUT2D eigenvalue weighted by molar-refractivity contribution is 0.608. The summed E-state index contributed by atoms with van der Waals surface area (Å²) in [6.45, 7) is 0. The van der Waals surface area contributed by atoms with Crippen molar-refractivity contribution in [3.05, 3.63) is 40.0 Å². The third-order valence-electron chi connectivity index (χ3n) is 2.46. The smallest absolute Gasteiger partial charge is 0.247 e. The molecule has 0 unspecified atom stereocenters. The minimum atomic E-state index is 0.461. The average Bonchev–Trinajstić information content (AvgIpc) is 2.75. The van der Waals surface area contributed by atoms with Gasteiger partial charge < -0.3 is 10.2 Å². The molecule has 0 aliphatic rings. The van der Waals surface area contributed by atoms with Gasteiger partial charge in [-0.2, -0.15) is 0 Å². The number of fused-ring (bicyclic) bond motifs is 1. The molecule has 0 atom stereocenters. The van der Waals surface area contributed by atoms with Gasteiger partial charge in [0.15, 0.2) is 0 Å². The second-order valence-electron chi connectivity index (χ2n) is 3.73. The van der Waals surface area contributed by atoms with Gasteiger partial charge in [-0.1, -0.05) is 11.6 Å². The largest absolute Gasteiger partial charge is 0.418 e. The number of halogens is 2. The molecule has 2 N–H and O–H groups in total. The lowest BCUT2D eigenvalue weighted by Crippen LogP contribution is -1.86. The van der Waals surface area contributed by atoms with E-state index in [1.54, 1.807) is 12.1 Å². The molecule has 0 aliphatic carbocycles. The topological polar surface area (TPSA) is 64.9 Å². The molecule has 2 heterocycles. The number of hydrogen-bond acceptors (Lipinski definition) is 4. The molecule has 0 amide bonds. The van der Waals surface area contributed by atoms with Crippen LogP contribution in [0.5, 0.6) is 0 Å². The van der Waals surface area contributed by atoms with Crippen LogP contribution in [0.1, 0.15) is 0 Å². The van der Waals surface area contributed by atoms with Crippen LogP contribution in [0.4, 0.5) is 5.69 Å². The Bertz CT molecular complexity index is 741. The summed E-state index contributed by atoms with van der Waals surface area (Å²) >= 11 is 9.22. The number of nitrogens with two attached hydrogens (primary N) is 1. The van der Waals surface area contributed by atoms with Crippen LogP contribution >= 0.6 is 27.5 Å². The van der Waals surface area contributed by atoms with Crippen molar-refractivity contribution in [1.82, 2.24) is 9.97 Å². The van der Waals surface area contributed by atoms with Crippen molar-refractivity contribution in [2.45, 2.75) is 0 Å². The average molecular weight is 325 g/mol. The van der Waals surface area contributed by atoms with Crippen molar-refractivity contribution in [2.24, 2.45) is 0 Å². The predicted octanol–water partition coefficient (Wildman–Crippen LogP) is 3.89. The third-order valence-corrected chi connectivity index (χ3v) is 3.36. The van der Waals surface area contributed by atoms with Gasteiger partial charge in [-0.15, -0.1) is 0 Å². The van der Waals surface area contributed by atoms with Gasteiger partial charge >= 0.3 is 0 Å². The second-order valence-corrected chi connectivity index (χ2v) is 5.02. The summed E-state index contributed by atoms with van der Waals surface area (Å²) in [4.78, 5) is 8.41. The van der Waals surface area contributed by atoms with E-state index in [4.69, 9.17) is 21.8 Å². The molecule has 0 fully saturated rings. The first kappa shape index (κ1) is 11.5. The molecule has 0 saturated carbocycles. The number of nitrogen functional groups attached to an aromatic ring is 1. The van der Waals surface area contributed by atoms with E-state index in [1.807, 2.05) is 12.1 Å². The highest BCUT2D eigenvalue weighted by molar-refractivity contribution is 9.10. The predicted molar refractivity (Wildman–Crippen MR) is 74.4 cm³/mol. The van der Waals surface area contributed by atoms with Crippen molar-refractivity contribution in [3.8, 4) is 11.5 Å². The zero-order chi connectivity index (χ0) is 12.7. The number of anilines is 1. The Balaban J connectivity index is 2.16. The van der Waals surface area contributed by atoms with Crippen LogP contribution < -0.4 is 5.73 Å². The lowest BCUT2D eigenvalue weighted by Gasteiger charge is -1.99. The van der Waals surface area contributed by atoms with Crippen molar-refractivity contribution < 1.29 is 4.42 Å². The van der Waals surface area contributed by atoms with Crippen LogP contribution in [0.2, 0.25) is 5.02 Å². The third kappa shape index (κ3) is 1.95. The van der Waals surface area contributed by atoms with E-state index in [-0.39, 0.29) is 0 Å². The van der Waals surface area contributed by atoms with E-state index >= 15 is 0 Å². The second kappa shape index (κ2) is 4.26. The first-order valence-corrected chi connectivity index (χ1v) is 6.28. The van der Waals surface area contributed by atoms with Gasteiger partial charge in [0.05, 0.1) is 5.02 Å². The zero-order valence-corrected chi connectivity index (χ0v) is 11.4. The highest BCUT2D eigenvalue weighted by atomic mass is 79.9. The van der Waals surface area contributed by atoms with Crippen LogP contribution in [0.15, 0.2) is 39.4 Å². The Morgan fingerprint density at radius 3 is 2.89 bits per heavy atom. The monoisotopic (exact) mass is 323 g/mol. The van der Waals surface area contributed by atoms with Crippen LogP contribution in [-0.4, -0.2) is 9.97 Å². The fourth-order valence-electron chi connectivity index (χ4n) is 1.58. The molecular formula is C12H7BrClN3O. The van der Waals surface area contributed by atoms with Gasteiger partial charge in [-0.25, -0.2) is 9.97 Å². The minimum absolute atomic E-state index is 0.461. The summed E-state index contributed by atoms with van der Waals surface area (Å²) in [5.74, 6) is 0.487. The molecule has 3 rings (SSSR count). The SMILES string of the molecule is Nc1ccc(-c2nc3cc(Cl)cnc3o2)cc1Br. The maximum absolute atomic E-state index is 5.85. The number of pyridine rings is 1. The van der Waals surface area contributed by atoms with E-state index in [9.17, 15) is 0 Å². The number of aromatic nitrogens is 2. The number of rotatable bonds is 1. The molecule has 1 aromatic carbocycles. The molecule has 0 aliphatic heterocycles. The number of oxazole rings is 1. The molecule has 4 nitrogen and oxygen atoms in total.